The smallest absolute Gasteiger partial charge is 0.226 e. The molecule has 1 aromatic heterocycles. The van der Waals surface area contributed by atoms with Crippen LogP contribution in [0.15, 0.2) is 6.07 Å². The SMILES string of the molecule is CCCCOCCNc1nc(C)cc(OCC)n1. The summed E-state index contributed by atoms with van der Waals surface area (Å²) in [5, 5.41) is 3.13. The van der Waals surface area contributed by atoms with Gasteiger partial charge in [-0.2, -0.15) is 4.98 Å². The van der Waals surface area contributed by atoms with E-state index in [4.69, 9.17) is 9.47 Å². The Balaban J connectivity index is 2.32. The standard InChI is InChI=1S/C13H23N3O2/c1-4-6-8-17-9-7-14-13-15-11(3)10-12(16-13)18-5-2/h10H,4-9H2,1-3H3,(H,14,15,16). The highest BCUT2D eigenvalue weighted by molar-refractivity contribution is 5.30. The molecule has 1 aromatic rings. The van der Waals surface area contributed by atoms with Gasteiger partial charge < -0.3 is 14.8 Å². The van der Waals surface area contributed by atoms with Crippen LogP contribution in [0.1, 0.15) is 32.4 Å². The summed E-state index contributed by atoms with van der Waals surface area (Å²) in [6.45, 7) is 8.81. The molecule has 5 heteroatoms. The van der Waals surface area contributed by atoms with Crippen molar-refractivity contribution in [2.24, 2.45) is 0 Å². The first-order valence-corrected chi connectivity index (χ1v) is 6.56. The topological polar surface area (TPSA) is 56.3 Å². The van der Waals surface area contributed by atoms with Crippen LogP contribution in [0.5, 0.6) is 5.88 Å². The molecule has 0 aromatic carbocycles. The maximum atomic E-state index is 5.45. The molecule has 0 amide bonds. The van der Waals surface area contributed by atoms with E-state index in [-0.39, 0.29) is 0 Å². The molecule has 1 N–H and O–H groups in total. The first-order chi connectivity index (χ1) is 8.76. The summed E-state index contributed by atoms with van der Waals surface area (Å²) >= 11 is 0. The van der Waals surface area contributed by atoms with Crippen molar-refractivity contribution in [2.45, 2.75) is 33.6 Å². The summed E-state index contributed by atoms with van der Waals surface area (Å²) in [5.74, 6) is 1.21. The van der Waals surface area contributed by atoms with Crippen molar-refractivity contribution in [1.82, 2.24) is 9.97 Å². The van der Waals surface area contributed by atoms with Crippen molar-refractivity contribution in [3.8, 4) is 5.88 Å². The fourth-order valence-electron chi connectivity index (χ4n) is 1.42. The minimum atomic E-state index is 0.595. The Labute approximate surface area is 109 Å². The Morgan fingerprint density at radius 2 is 2.06 bits per heavy atom. The maximum absolute atomic E-state index is 5.45. The fraction of sp³-hybridized carbons (Fsp3) is 0.692. The van der Waals surface area contributed by atoms with Gasteiger partial charge in [-0.25, -0.2) is 4.98 Å². The van der Waals surface area contributed by atoms with Crippen LogP contribution in [0.4, 0.5) is 5.95 Å². The Hall–Kier alpha value is -1.36. The van der Waals surface area contributed by atoms with Gasteiger partial charge >= 0.3 is 0 Å². The van der Waals surface area contributed by atoms with Gasteiger partial charge in [-0.05, 0) is 20.3 Å². The number of anilines is 1. The molecule has 0 saturated carbocycles. The quantitative estimate of drug-likeness (QED) is 0.685. The molecule has 0 saturated heterocycles. The van der Waals surface area contributed by atoms with E-state index >= 15 is 0 Å². The second-order valence-electron chi connectivity index (χ2n) is 4.00. The molecular formula is C13H23N3O2. The van der Waals surface area contributed by atoms with Gasteiger partial charge in [-0.1, -0.05) is 13.3 Å². The number of nitrogens with one attached hydrogen (secondary N) is 1. The average Bonchev–Trinajstić information content (AvgIpc) is 2.33. The molecule has 1 rings (SSSR count). The van der Waals surface area contributed by atoms with Gasteiger partial charge in [-0.15, -0.1) is 0 Å². The van der Waals surface area contributed by atoms with Crippen molar-refractivity contribution >= 4 is 5.95 Å². The predicted octanol–water partition coefficient (Wildman–Crippen LogP) is 2.41. The van der Waals surface area contributed by atoms with Crippen LogP contribution in [-0.4, -0.2) is 36.3 Å². The number of nitrogens with zero attached hydrogens (tertiary/aromatic N) is 2. The Kier molecular flexibility index (Phi) is 7.10. The summed E-state index contributed by atoms with van der Waals surface area (Å²) in [7, 11) is 0. The predicted molar refractivity (Wildman–Crippen MR) is 72.2 cm³/mol. The molecule has 0 aliphatic carbocycles. The second kappa shape index (κ2) is 8.69. The van der Waals surface area contributed by atoms with Crippen LogP contribution in [0.2, 0.25) is 0 Å². The van der Waals surface area contributed by atoms with Gasteiger partial charge in [0.15, 0.2) is 0 Å². The molecule has 0 aliphatic heterocycles. The van der Waals surface area contributed by atoms with Gasteiger partial charge in [0.2, 0.25) is 11.8 Å². The Morgan fingerprint density at radius 3 is 2.78 bits per heavy atom. The van der Waals surface area contributed by atoms with E-state index in [9.17, 15) is 0 Å². The van der Waals surface area contributed by atoms with Crippen LogP contribution in [0, 0.1) is 6.92 Å². The van der Waals surface area contributed by atoms with E-state index in [1.165, 1.54) is 0 Å². The molecule has 102 valence electrons. The van der Waals surface area contributed by atoms with E-state index in [0.29, 0.717) is 31.6 Å². The molecule has 0 spiro atoms. The fourth-order valence-corrected chi connectivity index (χ4v) is 1.42. The molecule has 5 nitrogen and oxygen atoms in total. The molecule has 0 bridgehead atoms. The van der Waals surface area contributed by atoms with Crippen LogP contribution in [0.25, 0.3) is 0 Å². The summed E-state index contributed by atoms with van der Waals surface area (Å²) in [6, 6.07) is 1.83. The lowest BCUT2D eigenvalue weighted by Gasteiger charge is -2.08. The van der Waals surface area contributed by atoms with Crippen molar-refractivity contribution in [2.75, 3.05) is 31.7 Å². The van der Waals surface area contributed by atoms with Gasteiger partial charge in [0.05, 0.1) is 13.2 Å². The zero-order valence-corrected chi connectivity index (χ0v) is 11.5. The number of aryl methyl sites for hydroxylation is 1. The molecule has 0 radical (unpaired) electrons. The van der Waals surface area contributed by atoms with Crippen molar-refractivity contribution in [3.63, 3.8) is 0 Å². The minimum absolute atomic E-state index is 0.595. The number of rotatable bonds is 9. The van der Waals surface area contributed by atoms with E-state index < -0.39 is 0 Å². The number of hydrogen-bond donors (Lipinski definition) is 1. The normalized spacial score (nSPS) is 10.4. The molecule has 0 aliphatic rings. The van der Waals surface area contributed by atoms with Crippen LogP contribution in [-0.2, 0) is 4.74 Å². The highest BCUT2D eigenvalue weighted by Crippen LogP contribution is 2.11. The van der Waals surface area contributed by atoms with E-state index in [2.05, 4.69) is 22.2 Å². The summed E-state index contributed by atoms with van der Waals surface area (Å²) in [4.78, 5) is 8.55. The monoisotopic (exact) mass is 253 g/mol. The maximum Gasteiger partial charge on any atom is 0.226 e. The third-order valence-electron chi connectivity index (χ3n) is 2.29. The first-order valence-electron chi connectivity index (χ1n) is 6.56. The third-order valence-corrected chi connectivity index (χ3v) is 2.29. The molecule has 1 heterocycles. The molecule has 0 unspecified atom stereocenters. The first kappa shape index (κ1) is 14.7. The summed E-state index contributed by atoms with van der Waals surface area (Å²) < 4.78 is 10.8. The molecule has 18 heavy (non-hydrogen) atoms. The lowest BCUT2D eigenvalue weighted by atomic mass is 10.4. The highest BCUT2D eigenvalue weighted by Gasteiger charge is 2.02. The largest absolute Gasteiger partial charge is 0.478 e. The third kappa shape index (κ3) is 5.82. The van der Waals surface area contributed by atoms with Gasteiger partial charge in [-0.3, -0.25) is 0 Å². The van der Waals surface area contributed by atoms with E-state index in [1.54, 1.807) is 0 Å². The van der Waals surface area contributed by atoms with Crippen LogP contribution in [0.3, 0.4) is 0 Å². The van der Waals surface area contributed by atoms with Crippen LogP contribution >= 0.6 is 0 Å². The van der Waals surface area contributed by atoms with Crippen molar-refractivity contribution < 1.29 is 9.47 Å². The molecule has 0 fully saturated rings. The molecule has 0 atom stereocenters. The van der Waals surface area contributed by atoms with Crippen molar-refractivity contribution in [3.05, 3.63) is 11.8 Å². The van der Waals surface area contributed by atoms with Gasteiger partial charge in [0.25, 0.3) is 0 Å². The van der Waals surface area contributed by atoms with Gasteiger partial charge in [0.1, 0.15) is 0 Å². The zero-order chi connectivity index (χ0) is 13.2. The number of aromatic nitrogens is 2. The van der Waals surface area contributed by atoms with Crippen molar-refractivity contribution in [1.29, 1.82) is 0 Å². The Bertz CT molecular complexity index is 345. The zero-order valence-electron chi connectivity index (χ0n) is 11.5. The lowest BCUT2D eigenvalue weighted by Crippen LogP contribution is -2.12. The van der Waals surface area contributed by atoms with Gasteiger partial charge in [0, 0.05) is 24.9 Å². The van der Waals surface area contributed by atoms with Crippen LogP contribution < -0.4 is 10.1 Å². The summed E-state index contributed by atoms with van der Waals surface area (Å²) in [5.41, 5.74) is 0.892. The number of hydrogen-bond acceptors (Lipinski definition) is 5. The average molecular weight is 253 g/mol. The number of unbranched alkanes of at least 4 members (excludes halogenated alkanes) is 1. The number of ether oxygens (including phenoxy) is 2. The summed E-state index contributed by atoms with van der Waals surface area (Å²) in [6.07, 6.45) is 2.27. The second-order valence-corrected chi connectivity index (χ2v) is 4.00. The van der Waals surface area contributed by atoms with E-state index in [0.717, 1.165) is 25.1 Å². The Morgan fingerprint density at radius 1 is 1.22 bits per heavy atom. The lowest BCUT2D eigenvalue weighted by molar-refractivity contribution is 0.141. The minimum Gasteiger partial charge on any atom is -0.478 e. The molecular weight excluding hydrogens is 230 g/mol. The van der Waals surface area contributed by atoms with E-state index in [1.807, 2.05) is 19.9 Å². The highest BCUT2D eigenvalue weighted by atomic mass is 16.5.